The Morgan fingerprint density at radius 1 is 0.789 bits per heavy atom. The van der Waals surface area contributed by atoms with E-state index in [9.17, 15) is 14.0 Å². The zero-order chi connectivity index (χ0) is 29.1. The van der Waals surface area contributed by atoms with E-state index in [4.69, 9.17) is 8.83 Å². The molecule has 0 saturated heterocycles. The fraction of sp³-hybridized carbons (Fsp3) is 0.677. The molecule has 5 unspecified atom stereocenters. The first-order valence-electron chi connectivity index (χ1n) is 13.9. The minimum Gasteiger partial charge on any atom is -0.324 e. The second-order valence-corrected chi connectivity index (χ2v) is 16.1. The smallest absolute Gasteiger partial charge is 0.324 e. The van der Waals surface area contributed by atoms with Crippen molar-refractivity contribution in [2.24, 2.45) is 17.3 Å². The average Bonchev–Trinajstić information content (AvgIpc) is 3.30. The van der Waals surface area contributed by atoms with Crippen LogP contribution in [0, 0.1) is 17.3 Å². The summed E-state index contributed by atoms with van der Waals surface area (Å²) in [6, 6.07) is 0. The second kappa shape index (κ2) is 15.7. The summed E-state index contributed by atoms with van der Waals surface area (Å²) in [5.41, 5.74) is 6.86. The van der Waals surface area contributed by atoms with Crippen molar-refractivity contribution in [3.05, 3.63) is 58.2 Å². The molecule has 1 N–H and O–H groups in total. The van der Waals surface area contributed by atoms with Gasteiger partial charge >= 0.3 is 15.2 Å². The van der Waals surface area contributed by atoms with Crippen LogP contribution in [-0.4, -0.2) is 24.8 Å². The van der Waals surface area contributed by atoms with Crippen molar-refractivity contribution in [1.29, 1.82) is 0 Å². The van der Waals surface area contributed by atoms with Crippen LogP contribution in [0.4, 0.5) is 0 Å². The third kappa shape index (κ3) is 14.4. The quantitative estimate of drug-likeness (QED) is 0.140. The summed E-state index contributed by atoms with van der Waals surface area (Å²) in [4.78, 5) is 9.50. The predicted octanol–water partition coefficient (Wildman–Crippen LogP) is 10.4. The van der Waals surface area contributed by atoms with E-state index < -0.39 is 15.2 Å². The van der Waals surface area contributed by atoms with Crippen LogP contribution in [0.5, 0.6) is 0 Å². The highest BCUT2D eigenvalue weighted by Crippen LogP contribution is 2.65. The van der Waals surface area contributed by atoms with Gasteiger partial charge in [-0.25, -0.2) is 4.31 Å². The summed E-state index contributed by atoms with van der Waals surface area (Å²) in [6.07, 6.45) is 18.9. The predicted molar refractivity (Wildman–Crippen MR) is 164 cm³/mol. The van der Waals surface area contributed by atoms with Crippen molar-refractivity contribution < 1.29 is 22.9 Å². The van der Waals surface area contributed by atoms with Crippen LogP contribution in [0.25, 0.3) is 0 Å². The minimum atomic E-state index is -3.90. The molecule has 0 aromatic carbocycles. The highest BCUT2D eigenvalue weighted by atomic mass is 31.3. The molecule has 218 valence electrons. The lowest BCUT2D eigenvalue weighted by molar-refractivity contribution is 0.235. The Balaban J connectivity index is 2.89. The molecule has 38 heavy (non-hydrogen) atoms. The number of hydrogen-bond acceptors (Lipinski definition) is 4. The van der Waals surface area contributed by atoms with E-state index in [0.717, 1.165) is 51.6 Å². The molecular weight excluding hydrogens is 514 g/mol. The number of allylic oxidation sites excluding steroid dienone is 10. The van der Waals surface area contributed by atoms with Gasteiger partial charge in [0.25, 0.3) is 0 Å². The maximum Gasteiger partial charge on any atom is 0.334 e. The Kier molecular flexibility index (Phi) is 14.5. The molecule has 1 aliphatic carbocycles. The molecule has 0 aromatic rings. The normalized spacial score (nSPS) is 25.4. The highest BCUT2D eigenvalue weighted by Gasteiger charge is 2.59. The van der Waals surface area contributed by atoms with Crippen molar-refractivity contribution in [3.8, 4) is 0 Å². The van der Waals surface area contributed by atoms with Crippen LogP contribution >= 0.6 is 15.2 Å². The first-order chi connectivity index (χ1) is 17.4. The SMILES string of the molecule is CC(C)=CCC/C(C)=C/CC/C(C)=C/C1C(COP(C)(=O)OP(C)(=O)O)C1(C)C/C=C(\C)CCC=C(C)C. The van der Waals surface area contributed by atoms with Gasteiger partial charge < -0.3 is 9.42 Å². The van der Waals surface area contributed by atoms with Gasteiger partial charge in [-0.05, 0) is 111 Å². The lowest BCUT2D eigenvalue weighted by Crippen LogP contribution is -2.04. The number of rotatable bonds is 17. The van der Waals surface area contributed by atoms with Crippen LogP contribution in [0.2, 0.25) is 0 Å². The molecule has 0 aromatic heterocycles. The van der Waals surface area contributed by atoms with Crippen LogP contribution in [0.15, 0.2) is 58.2 Å². The van der Waals surface area contributed by atoms with E-state index in [1.807, 2.05) is 0 Å². The third-order valence-corrected chi connectivity index (χ3v) is 10.3. The Bertz CT molecular complexity index is 1020. The first kappa shape index (κ1) is 35.1. The molecule has 5 nitrogen and oxygen atoms in total. The van der Waals surface area contributed by atoms with Crippen LogP contribution in [0.1, 0.15) is 100 Å². The summed E-state index contributed by atoms with van der Waals surface area (Å²) in [7, 11) is -7.52. The lowest BCUT2D eigenvalue weighted by Gasteiger charge is -2.16. The first-order valence-corrected chi connectivity index (χ1v) is 18.0. The third-order valence-electron chi connectivity index (χ3n) is 7.29. The zero-order valence-electron chi connectivity index (χ0n) is 25.7. The van der Waals surface area contributed by atoms with Gasteiger partial charge in [-0.3, -0.25) is 9.13 Å². The molecule has 0 radical (unpaired) electrons. The standard InChI is InChI=1S/C31H54O5P2/c1-24(2)14-11-16-26(5)18-13-19-28(7)22-29-30(23-35-38(10,34)36-37(9,32)33)31(29,8)21-20-27(6)17-12-15-25(3)4/h14-15,18,20,22,29-30H,11-13,16-17,19,21,23H2,1-10H3,(H,32,33)/b26-18+,27-20+,28-22+. The Hall–Kier alpha value is -0.960. The molecule has 5 atom stereocenters. The maximum atomic E-state index is 12.6. The Morgan fingerprint density at radius 2 is 1.26 bits per heavy atom. The highest BCUT2D eigenvalue weighted by molar-refractivity contribution is 7.65. The van der Waals surface area contributed by atoms with Gasteiger partial charge in [0, 0.05) is 13.3 Å². The fourth-order valence-corrected chi connectivity index (χ4v) is 7.63. The molecule has 1 aliphatic rings. The van der Waals surface area contributed by atoms with Crippen molar-refractivity contribution in [2.75, 3.05) is 19.9 Å². The maximum absolute atomic E-state index is 12.6. The van der Waals surface area contributed by atoms with Crippen LogP contribution in [-0.2, 0) is 18.0 Å². The van der Waals surface area contributed by atoms with E-state index in [1.54, 1.807) is 0 Å². The van der Waals surface area contributed by atoms with E-state index in [0.29, 0.717) is 5.92 Å². The molecular formula is C31H54O5P2. The molecule has 1 saturated carbocycles. The van der Waals surface area contributed by atoms with Crippen LogP contribution < -0.4 is 0 Å². The molecule has 0 amide bonds. The van der Waals surface area contributed by atoms with Crippen molar-refractivity contribution in [3.63, 3.8) is 0 Å². The van der Waals surface area contributed by atoms with Crippen molar-refractivity contribution in [1.82, 2.24) is 0 Å². The van der Waals surface area contributed by atoms with Gasteiger partial charge in [0.05, 0.1) is 6.61 Å². The summed E-state index contributed by atoms with van der Waals surface area (Å²) in [6.45, 7) is 19.9. The number of hydrogen-bond donors (Lipinski definition) is 1. The topological polar surface area (TPSA) is 72.8 Å². The van der Waals surface area contributed by atoms with Crippen LogP contribution in [0.3, 0.4) is 0 Å². The van der Waals surface area contributed by atoms with E-state index in [1.165, 1.54) is 34.5 Å². The van der Waals surface area contributed by atoms with Gasteiger partial charge in [0.2, 0.25) is 0 Å². The summed E-state index contributed by atoms with van der Waals surface area (Å²) in [5.74, 6) is 0.474. The van der Waals surface area contributed by atoms with Gasteiger partial charge in [-0.2, -0.15) is 0 Å². The molecule has 7 heteroatoms. The lowest BCUT2D eigenvalue weighted by atomic mass is 9.96. The molecule has 0 bridgehead atoms. The monoisotopic (exact) mass is 568 g/mol. The molecule has 1 fully saturated rings. The van der Waals surface area contributed by atoms with Gasteiger partial charge in [0.15, 0.2) is 0 Å². The fourth-order valence-electron chi connectivity index (χ4n) is 4.81. The minimum absolute atomic E-state index is 0.00966. The zero-order valence-corrected chi connectivity index (χ0v) is 27.5. The summed E-state index contributed by atoms with van der Waals surface area (Å²) in [5, 5.41) is 0. The van der Waals surface area contributed by atoms with Gasteiger partial charge in [-0.15, -0.1) is 0 Å². The second-order valence-electron chi connectivity index (χ2n) is 12.1. The Morgan fingerprint density at radius 3 is 1.76 bits per heavy atom. The van der Waals surface area contributed by atoms with E-state index >= 15 is 0 Å². The van der Waals surface area contributed by atoms with Crippen molar-refractivity contribution >= 4 is 15.2 Å². The molecule has 0 heterocycles. The largest absolute Gasteiger partial charge is 0.334 e. The summed E-state index contributed by atoms with van der Waals surface area (Å²) < 4.78 is 34.8. The summed E-state index contributed by atoms with van der Waals surface area (Å²) >= 11 is 0. The molecule has 0 aliphatic heterocycles. The van der Waals surface area contributed by atoms with E-state index in [2.05, 4.69) is 85.8 Å². The Labute approximate surface area is 233 Å². The van der Waals surface area contributed by atoms with Crippen molar-refractivity contribution in [2.45, 2.75) is 100 Å². The van der Waals surface area contributed by atoms with Gasteiger partial charge in [-0.1, -0.05) is 65.2 Å². The van der Waals surface area contributed by atoms with Gasteiger partial charge in [0.1, 0.15) is 0 Å². The van der Waals surface area contributed by atoms with E-state index in [-0.39, 0.29) is 17.9 Å². The molecule has 1 rings (SSSR count). The molecule has 0 spiro atoms. The average molecular weight is 569 g/mol.